The number of nitrogens with zero attached hydrogens (tertiary/aromatic N) is 2. The highest BCUT2D eigenvalue weighted by molar-refractivity contribution is 7.25. The molecule has 11 rings (SSSR count). The molecule has 0 amide bonds. The number of anilines is 3. The summed E-state index contributed by atoms with van der Waals surface area (Å²) in [6.07, 6.45) is 0. The number of rotatable bonds is 6. The number of hydrogen-bond donors (Lipinski definition) is 0. The lowest BCUT2D eigenvalue weighted by Gasteiger charge is -2.29. The topological polar surface area (TPSA) is 8.17 Å². The first-order valence-corrected chi connectivity index (χ1v) is 19.6. The van der Waals surface area contributed by atoms with Gasteiger partial charge in [-0.3, -0.25) is 0 Å². The lowest BCUT2D eigenvalue weighted by Crippen LogP contribution is -2.11. The molecule has 0 spiro atoms. The molecule has 0 bridgehead atoms. The number of fused-ring (bicyclic) bond motifs is 7. The van der Waals surface area contributed by atoms with E-state index in [9.17, 15) is 0 Å². The fraction of sp³-hybridized carbons (Fsp3) is 0. The third kappa shape index (κ3) is 5.24. The first kappa shape index (κ1) is 31.6. The van der Waals surface area contributed by atoms with Crippen molar-refractivity contribution in [1.82, 2.24) is 4.57 Å². The molecule has 11 aromatic rings. The molecule has 2 aromatic heterocycles. The van der Waals surface area contributed by atoms with Crippen molar-refractivity contribution >= 4 is 81.1 Å². The molecule has 9 aromatic carbocycles. The van der Waals surface area contributed by atoms with Gasteiger partial charge in [-0.1, -0.05) is 146 Å². The van der Waals surface area contributed by atoms with E-state index in [4.69, 9.17) is 0 Å². The molecule has 0 saturated heterocycles. The molecular formula is C52H34N2S. The molecule has 258 valence electrons. The van der Waals surface area contributed by atoms with Gasteiger partial charge in [-0.15, -0.1) is 11.3 Å². The summed E-state index contributed by atoms with van der Waals surface area (Å²) < 4.78 is 5.00. The predicted molar refractivity (Wildman–Crippen MR) is 237 cm³/mol. The molecular weight excluding hydrogens is 685 g/mol. The fourth-order valence-electron chi connectivity index (χ4n) is 8.42. The summed E-state index contributed by atoms with van der Waals surface area (Å²) in [5.41, 5.74) is 11.8. The van der Waals surface area contributed by atoms with Crippen molar-refractivity contribution in [2.45, 2.75) is 0 Å². The van der Waals surface area contributed by atoms with Gasteiger partial charge in [0.1, 0.15) is 0 Å². The summed E-state index contributed by atoms with van der Waals surface area (Å²) in [4.78, 5) is 2.43. The predicted octanol–water partition coefficient (Wildman–Crippen LogP) is 15.1. The number of thiophene rings is 1. The van der Waals surface area contributed by atoms with Crippen LogP contribution in [0.25, 0.3) is 80.7 Å². The molecule has 2 nitrogen and oxygen atoms in total. The maximum atomic E-state index is 2.43. The molecule has 0 radical (unpaired) electrons. The minimum Gasteiger partial charge on any atom is -0.309 e. The Morgan fingerprint density at radius 2 is 0.909 bits per heavy atom. The largest absolute Gasteiger partial charge is 0.309 e. The highest BCUT2D eigenvalue weighted by Crippen LogP contribution is 2.45. The van der Waals surface area contributed by atoms with E-state index in [1.54, 1.807) is 0 Å². The van der Waals surface area contributed by atoms with Crippen LogP contribution in [0.3, 0.4) is 0 Å². The average molecular weight is 719 g/mol. The molecule has 0 saturated carbocycles. The Balaban J connectivity index is 1.01. The van der Waals surface area contributed by atoms with Crippen LogP contribution in [0, 0.1) is 0 Å². The molecule has 0 atom stereocenters. The summed E-state index contributed by atoms with van der Waals surface area (Å²) in [6.45, 7) is 0. The zero-order valence-corrected chi connectivity index (χ0v) is 30.7. The third-order valence-electron chi connectivity index (χ3n) is 11.0. The van der Waals surface area contributed by atoms with E-state index >= 15 is 0 Å². The zero-order chi connectivity index (χ0) is 36.3. The second kappa shape index (κ2) is 12.9. The smallest absolute Gasteiger partial charge is 0.0541 e. The lowest BCUT2D eigenvalue weighted by atomic mass is 9.99. The summed E-state index contributed by atoms with van der Waals surface area (Å²) in [5, 5.41) is 7.61. The Bertz CT molecular complexity index is 3150. The van der Waals surface area contributed by atoms with Crippen LogP contribution < -0.4 is 4.90 Å². The Morgan fingerprint density at radius 1 is 0.364 bits per heavy atom. The van der Waals surface area contributed by atoms with Gasteiger partial charge in [0.05, 0.1) is 22.4 Å². The van der Waals surface area contributed by atoms with Gasteiger partial charge in [0.25, 0.3) is 0 Å². The van der Waals surface area contributed by atoms with Crippen molar-refractivity contribution in [3.63, 3.8) is 0 Å². The van der Waals surface area contributed by atoms with Crippen LogP contribution in [0.15, 0.2) is 206 Å². The number of hydrogen-bond acceptors (Lipinski definition) is 2. The molecule has 55 heavy (non-hydrogen) atoms. The van der Waals surface area contributed by atoms with Gasteiger partial charge in [0.2, 0.25) is 0 Å². The van der Waals surface area contributed by atoms with Crippen LogP contribution in [0.4, 0.5) is 17.1 Å². The van der Waals surface area contributed by atoms with Crippen LogP contribution in [-0.2, 0) is 0 Å². The summed E-state index contributed by atoms with van der Waals surface area (Å²) in [5.74, 6) is 0. The van der Waals surface area contributed by atoms with Crippen LogP contribution in [0.5, 0.6) is 0 Å². The number of para-hydroxylation sites is 3. The zero-order valence-electron chi connectivity index (χ0n) is 29.9. The van der Waals surface area contributed by atoms with E-state index in [0.717, 1.165) is 22.7 Å². The summed E-state index contributed by atoms with van der Waals surface area (Å²) >= 11 is 1.86. The van der Waals surface area contributed by atoms with Crippen LogP contribution in [0.2, 0.25) is 0 Å². The lowest BCUT2D eigenvalue weighted by molar-refractivity contribution is 1.18. The van der Waals surface area contributed by atoms with Crippen LogP contribution in [0.1, 0.15) is 0 Å². The SMILES string of the molecule is c1ccc(N(c2ccc(-c3ccc(-n4c5ccccc5c5ccccc54)cc3)cc2)c2cccc3ccccc23)c(-c2ccc3c(c2)sc2ccccc23)c1. The maximum Gasteiger partial charge on any atom is 0.0541 e. The van der Waals surface area contributed by atoms with E-state index in [-0.39, 0.29) is 0 Å². The van der Waals surface area contributed by atoms with E-state index in [0.29, 0.717) is 0 Å². The highest BCUT2D eigenvalue weighted by Gasteiger charge is 2.20. The second-order valence-electron chi connectivity index (χ2n) is 14.1. The quantitative estimate of drug-likeness (QED) is 0.166. The van der Waals surface area contributed by atoms with Crippen molar-refractivity contribution in [2.24, 2.45) is 0 Å². The van der Waals surface area contributed by atoms with Crippen molar-refractivity contribution < 1.29 is 0 Å². The van der Waals surface area contributed by atoms with Crippen LogP contribution >= 0.6 is 11.3 Å². The van der Waals surface area contributed by atoms with Gasteiger partial charge < -0.3 is 9.47 Å². The standard InChI is InChI=1S/C52H34N2S/c1-2-14-41-37(12-1)13-11-22-48(41)53(47-19-7-3-15-42(47)38-28-33-46-45-18-6-10-23-51(45)55-52(46)34-38)39-29-24-35(25-30-39)36-26-31-40(32-27-36)54-49-20-8-4-16-43(49)44-17-5-9-21-50(44)54/h1-34H. The van der Waals surface area contributed by atoms with Gasteiger partial charge in [0, 0.05) is 53.3 Å². The highest BCUT2D eigenvalue weighted by atomic mass is 32.1. The van der Waals surface area contributed by atoms with Gasteiger partial charge in [-0.05, 0) is 82.7 Å². The van der Waals surface area contributed by atoms with Crippen molar-refractivity contribution in [1.29, 1.82) is 0 Å². The summed E-state index contributed by atoms with van der Waals surface area (Å²) in [6, 6.07) is 75.2. The first-order valence-electron chi connectivity index (χ1n) is 18.8. The Labute approximate surface area is 323 Å². The average Bonchev–Trinajstić information content (AvgIpc) is 3.80. The molecule has 2 heterocycles. The van der Waals surface area contributed by atoms with Crippen molar-refractivity contribution in [3.8, 4) is 27.9 Å². The van der Waals surface area contributed by atoms with E-state index in [2.05, 4.69) is 216 Å². The van der Waals surface area contributed by atoms with Gasteiger partial charge in [-0.2, -0.15) is 0 Å². The molecule has 0 N–H and O–H groups in total. The third-order valence-corrected chi connectivity index (χ3v) is 12.1. The van der Waals surface area contributed by atoms with Crippen LogP contribution in [-0.4, -0.2) is 4.57 Å². The Hall–Kier alpha value is -6.94. The van der Waals surface area contributed by atoms with E-state index < -0.39 is 0 Å². The van der Waals surface area contributed by atoms with Gasteiger partial charge >= 0.3 is 0 Å². The van der Waals surface area contributed by atoms with Gasteiger partial charge in [0.15, 0.2) is 0 Å². The van der Waals surface area contributed by atoms with E-state index in [1.807, 2.05) is 11.3 Å². The second-order valence-corrected chi connectivity index (χ2v) is 15.2. The molecule has 0 aliphatic heterocycles. The number of benzene rings is 9. The van der Waals surface area contributed by atoms with Crippen molar-refractivity contribution in [3.05, 3.63) is 206 Å². The van der Waals surface area contributed by atoms with Gasteiger partial charge in [-0.25, -0.2) is 0 Å². The molecule has 3 heteroatoms. The molecule has 0 fully saturated rings. The maximum absolute atomic E-state index is 2.43. The minimum absolute atomic E-state index is 1.11. The Kier molecular flexibility index (Phi) is 7.39. The minimum atomic E-state index is 1.11. The molecule has 0 aliphatic carbocycles. The monoisotopic (exact) mass is 718 g/mol. The fourth-order valence-corrected chi connectivity index (χ4v) is 9.57. The van der Waals surface area contributed by atoms with E-state index in [1.165, 1.54) is 75.0 Å². The Morgan fingerprint density at radius 3 is 1.67 bits per heavy atom. The summed E-state index contributed by atoms with van der Waals surface area (Å²) in [7, 11) is 0. The first-order chi connectivity index (χ1) is 27.3. The molecule has 0 aliphatic rings. The normalized spacial score (nSPS) is 11.6. The molecule has 0 unspecified atom stereocenters. The number of aromatic nitrogens is 1. The van der Waals surface area contributed by atoms with Crippen molar-refractivity contribution in [2.75, 3.05) is 4.90 Å².